The lowest BCUT2D eigenvalue weighted by Crippen LogP contribution is -2.46. The first-order valence-electron chi connectivity index (χ1n) is 7.41. The van der Waals surface area contributed by atoms with Crippen LogP contribution in [0.25, 0.3) is 0 Å². The molecule has 0 aromatic carbocycles. The molecular weight excluding hydrogens is 359 g/mol. The number of anilines is 1. The van der Waals surface area contributed by atoms with Gasteiger partial charge in [-0.05, 0) is 19.3 Å². The summed E-state index contributed by atoms with van der Waals surface area (Å²) in [6, 6.07) is 0.0934. The van der Waals surface area contributed by atoms with E-state index in [1.807, 2.05) is 10.3 Å². The molecule has 0 bridgehead atoms. The number of aromatic nitrogens is 1. The highest BCUT2D eigenvalue weighted by Gasteiger charge is 2.25. The third-order valence-corrected chi connectivity index (χ3v) is 4.90. The molecule has 1 aromatic rings. The lowest BCUT2D eigenvalue weighted by Gasteiger charge is -2.30. The average Bonchev–Trinajstić information content (AvgIpc) is 3.07. The van der Waals surface area contributed by atoms with Crippen LogP contribution >= 0.6 is 36.2 Å². The molecule has 1 atom stereocenters. The van der Waals surface area contributed by atoms with Crippen LogP contribution in [0, 0.1) is 0 Å². The van der Waals surface area contributed by atoms with Crippen LogP contribution in [0.5, 0.6) is 0 Å². The molecule has 0 spiro atoms. The van der Waals surface area contributed by atoms with Crippen molar-refractivity contribution in [3.63, 3.8) is 0 Å². The Morgan fingerprint density at radius 1 is 1.35 bits per heavy atom. The summed E-state index contributed by atoms with van der Waals surface area (Å²) >= 11 is 1.44. The quantitative estimate of drug-likeness (QED) is 0.863. The zero-order valence-corrected chi connectivity index (χ0v) is 15.2. The maximum atomic E-state index is 12.3. The summed E-state index contributed by atoms with van der Waals surface area (Å²) in [5.41, 5.74) is 6.66. The number of carbonyl (C=O) groups is 2. The van der Waals surface area contributed by atoms with Gasteiger partial charge in [0.05, 0.1) is 12.1 Å². The molecule has 1 unspecified atom stereocenters. The Morgan fingerprint density at radius 3 is 2.78 bits per heavy atom. The summed E-state index contributed by atoms with van der Waals surface area (Å²) in [7, 11) is 0. The fourth-order valence-corrected chi connectivity index (χ4v) is 3.72. The number of carbonyl (C=O) groups excluding carboxylic acids is 2. The van der Waals surface area contributed by atoms with Gasteiger partial charge in [-0.1, -0.05) is 0 Å². The molecule has 0 radical (unpaired) electrons. The largest absolute Gasteiger partial charge is 0.341 e. The number of piperidine rings is 1. The minimum Gasteiger partial charge on any atom is -0.341 e. The van der Waals surface area contributed by atoms with Gasteiger partial charge in [-0.15, -0.1) is 36.2 Å². The van der Waals surface area contributed by atoms with Crippen molar-refractivity contribution in [1.29, 1.82) is 0 Å². The van der Waals surface area contributed by atoms with Crippen molar-refractivity contribution in [3.8, 4) is 0 Å². The molecule has 0 aliphatic carbocycles. The van der Waals surface area contributed by atoms with E-state index in [1.165, 1.54) is 11.3 Å². The van der Waals surface area contributed by atoms with E-state index in [0.29, 0.717) is 19.4 Å². The Balaban J connectivity index is 0.00000132. The van der Waals surface area contributed by atoms with Crippen LogP contribution in [0.4, 0.5) is 5.13 Å². The molecule has 1 aromatic heterocycles. The number of thiazole rings is 1. The predicted molar refractivity (Wildman–Crippen MR) is 95.7 cm³/mol. The second kappa shape index (κ2) is 8.82. The van der Waals surface area contributed by atoms with Gasteiger partial charge in [-0.25, -0.2) is 4.98 Å². The number of rotatable bonds is 3. The number of amides is 2. The van der Waals surface area contributed by atoms with Crippen LogP contribution in [0.3, 0.4) is 0 Å². The number of hydrogen-bond acceptors (Lipinski definition) is 5. The summed E-state index contributed by atoms with van der Waals surface area (Å²) < 4.78 is 0. The second-order valence-corrected chi connectivity index (χ2v) is 6.53. The zero-order valence-electron chi connectivity index (χ0n) is 12.8. The lowest BCUT2D eigenvalue weighted by molar-refractivity contribution is -0.131. The Labute approximate surface area is 152 Å². The first-order valence-corrected chi connectivity index (χ1v) is 8.29. The highest BCUT2D eigenvalue weighted by Crippen LogP contribution is 2.25. The van der Waals surface area contributed by atoms with E-state index < -0.39 is 0 Å². The van der Waals surface area contributed by atoms with Crippen molar-refractivity contribution >= 4 is 53.1 Å². The SMILES string of the molecule is Cl.Cl.NC1CCCN(C(=O)Cc2csc(N3CCCC3=O)n2)C1. The summed E-state index contributed by atoms with van der Waals surface area (Å²) in [4.78, 5) is 31.9. The maximum absolute atomic E-state index is 12.3. The zero-order chi connectivity index (χ0) is 14.8. The summed E-state index contributed by atoms with van der Waals surface area (Å²) in [6.07, 6.45) is 3.74. The Bertz CT molecular complexity index is 555. The van der Waals surface area contributed by atoms with Crippen LogP contribution in [-0.2, 0) is 16.0 Å². The first-order chi connectivity index (χ1) is 10.1. The highest BCUT2D eigenvalue weighted by atomic mass is 35.5. The van der Waals surface area contributed by atoms with Crippen molar-refractivity contribution in [3.05, 3.63) is 11.1 Å². The van der Waals surface area contributed by atoms with Crippen LogP contribution in [-0.4, -0.2) is 47.4 Å². The minimum absolute atomic E-state index is 0. The topological polar surface area (TPSA) is 79.5 Å². The number of nitrogens with two attached hydrogens (primary N) is 1. The maximum Gasteiger partial charge on any atom is 0.228 e. The third kappa shape index (κ3) is 4.79. The van der Waals surface area contributed by atoms with Crippen LogP contribution in [0.1, 0.15) is 31.4 Å². The van der Waals surface area contributed by atoms with E-state index in [-0.39, 0.29) is 42.7 Å². The van der Waals surface area contributed by atoms with Gasteiger partial charge < -0.3 is 10.6 Å². The molecule has 2 fully saturated rings. The number of likely N-dealkylation sites (tertiary alicyclic amines) is 1. The molecule has 2 saturated heterocycles. The van der Waals surface area contributed by atoms with Gasteiger partial charge >= 0.3 is 0 Å². The Hall–Kier alpha value is -0.890. The van der Waals surface area contributed by atoms with Gasteiger partial charge in [0.15, 0.2) is 5.13 Å². The molecule has 0 saturated carbocycles. The van der Waals surface area contributed by atoms with Crippen molar-refractivity contribution in [1.82, 2.24) is 9.88 Å². The third-order valence-electron chi connectivity index (χ3n) is 3.99. The smallest absolute Gasteiger partial charge is 0.228 e. The Morgan fingerprint density at radius 2 is 2.13 bits per heavy atom. The summed E-state index contributed by atoms with van der Waals surface area (Å²) in [5, 5.41) is 2.60. The van der Waals surface area contributed by atoms with E-state index in [4.69, 9.17) is 5.73 Å². The molecule has 23 heavy (non-hydrogen) atoms. The van der Waals surface area contributed by atoms with Crippen molar-refractivity contribution in [2.45, 2.75) is 38.1 Å². The average molecular weight is 381 g/mol. The van der Waals surface area contributed by atoms with E-state index in [9.17, 15) is 9.59 Å². The second-order valence-electron chi connectivity index (χ2n) is 5.69. The fraction of sp³-hybridized carbons (Fsp3) is 0.643. The molecule has 3 rings (SSSR count). The van der Waals surface area contributed by atoms with Crippen molar-refractivity contribution in [2.75, 3.05) is 24.5 Å². The first kappa shape index (κ1) is 20.2. The molecule has 2 amide bonds. The monoisotopic (exact) mass is 380 g/mol. The van der Waals surface area contributed by atoms with E-state index in [2.05, 4.69) is 4.98 Å². The summed E-state index contributed by atoms with van der Waals surface area (Å²) in [5.74, 6) is 0.207. The number of hydrogen-bond donors (Lipinski definition) is 1. The van der Waals surface area contributed by atoms with Gasteiger partial charge in [0.2, 0.25) is 11.8 Å². The van der Waals surface area contributed by atoms with Gasteiger partial charge in [0, 0.05) is 37.5 Å². The van der Waals surface area contributed by atoms with Crippen LogP contribution < -0.4 is 10.6 Å². The Kier molecular flexibility index (Phi) is 7.73. The normalized spacial score (nSPS) is 20.9. The molecule has 9 heteroatoms. The fourth-order valence-electron chi connectivity index (χ4n) is 2.86. The van der Waals surface area contributed by atoms with Gasteiger partial charge in [-0.3, -0.25) is 14.5 Å². The molecule has 2 aliphatic rings. The molecular formula is C14H22Cl2N4O2S. The van der Waals surface area contributed by atoms with Crippen molar-refractivity contribution < 1.29 is 9.59 Å². The van der Waals surface area contributed by atoms with E-state index in [1.54, 1.807) is 4.90 Å². The molecule has 2 N–H and O–H groups in total. The van der Waals surface area contributed by atoms with E-state index in [0.717, 1.165) is 43.2 Å². The molecule has 130 valence electrons. The molecule has 3 heterocycles. The van der Waals surface area contributed by atoms with E-state index >= 15 is 0 Å². The summed E-state index contributed by atoms with van der Waals surface area (Å²) in [6.45, 7) is 2.16. The van der Waals surface area contributed by atoms with Gasteiger partial charge in [0.25, 0.3) is 0 Å². The van der Waals surface area contributed by atoms with Crippen molar-refractivity contribution in [2.24, 2.45) is 5.73 Å². The molecule has 2 aliphatic heterocycles. The van der Waals surface area contributed by atoms with Gasteiger partial charge in [0.1, 0.15) is 0 Å². The molecule has 6 nitrogen and oxygen atoms in total. The van der Waals surface area contributed by atoms with Gasteiger partial charge in [-0.2, -0.15) is 0 Å². The van der Waals surface area contributed by atoms with Crippen LogP contribution in [0.15, 0.2) is 5.38 Å². The number of nitrogens with zero attached hydrogens (tertiary/aromatic N) is 3. The standard InChI is InChI=1S/C14H20N4O2S.2ClH/c15-10-3-1-5-17(8-10)13(20)7-11-9-21-14(16-11)18-6-2-4-12(18)19;;/h9-10H,1-8,15H2;2*1H. The lowest BCUT2D eigenvalue weighted by atomic mass is 10.1. The van der Waals surface area contributed by atoms with Crippen LogP contribution in [0.2, 0.25) is 0 Å². The minimum atomic E-state index is 0. The highest BCUT2D eigenvalue weighted by molar-refractivity contribution is 7.14. The number of halogens is 2. The predicted octanol–water partition coefficient (Wildman–Crippen LogP) is 1.61.